The van der Waals surface area contributed by atoms with Crippen LogP contribution in [0.3, 0.4) is 0 Å². The highest BCUT2D eigenvalue weighted by atomic mass is 35.5. The highest BCUT2D eigenvalue weighted by molar-refractivity contribution is 6.31. The number of rotatable bonds is 6. The van der Waals surface area contributed by atoms with Gasteiger partial charge in [-0.3, -0.25) is 0 Å². The summed E-state index contributed by atoms with van der Waals surface area (Å²) in [5.74, 6) is -0.932. The second kappa shape index (κ2) is 7.94. The van der Waals surface area contributed by atoms with Crippen molar-refractivity contribution in [1.82, 2.24) is 4.57 Å². The quantitative estimate of drug-likeness (QED) is 0.626. The summed E-state index contributed by atoms with van der Waals surface area (Å²) in [5, 5.41) is 10.7. The predicted molar refractivity (Wildman–Crippen MR) is 106 cm³/mol. The zero-order valence-corrected chi connectivity index (χ0v) is 16.5. The van der Waals surface area contributed by atoms with Gasteiger partial charge in [0.1, 0.15) is 5.75 Å². The number of carbonyl (C=O) groups excluding carboxylic acids is 1. The number of aryl methyl sites for hydroxylation is 1. The molecule has 0 unspecified atom stereocenters. The van der Waals surface area contributed by atoms with E-state index in [1.165, 1.54) is 7.11 Å². The Morgan fingerprint density at radius 2 is 1.89 bits per heavy atom. The number of benzene rings is 2. The van der Waals surface area contributed by atoms with Gasteiger partial charge >= 0.3 is 11.9 Å². The molecule has 7 heteroatoms. The van der Waals surface area contributed by atoms with Crippen LogP contribution in [0.4, 0.5) is 0 Å². The topological polar surface area (TPSA) is 77.8 Å². The molecule has 146 valence electrons. The monoisotopic (exact) mass is 401 g/mol. The molecule has 0 aliphatic rings. The van der Waals surface area contributed by atoms with Gasteiger partial charge < -0.3 is 19.1 Å². The van der Waals surface area contributed by atoms with Crippen molar-refractivity contribution in [2.45, 2.75) is 20.4 Å². The SMILES string of the molecule is COC(=O)COc1ccc(Cn2c(C)c(C)c3cc(C(=O)O)ccc32)c(Cl)c1. The number of nitrogens with zero attached hydrogens (tertiary/aromatic N) is 1. The lowest BCUT2D eigenvalue weighted by atomic mass is 10.1. The number of methoxy groups -OCH3 is 1. The van der Waals surface area contributed by atoms with Gasteiger partial charge in [0.05, 0.1) is 12.7 Å². The minimum atomic E-state index is -0.947. The molecular weight excluding hydrogens is 382 g/mol. The number of carbonyl (C=O) groups is 2. The Morgan fingerprint density at radius 3 is 2.54 bits per heavy atom. The van der Waals surface area contributed by atoms with Crippen molar-refractivity contribution in [3.63, 3.8) is 0 Å². The third kappa shape index (κ3) is 3.82. The molecule has 6 nitrogen and oxygen atoms in total. The number of fused-ring (bicyclic) bond motifs is 1. The van der Waals surface area contributed by atoms with E-state index < -0.39 is 11.9 Å². The fraction of sp³-hybridized carbons (Fsp3) is 0.238. The molecule has 0 amide bonds. The Balaban J connectivity index is 1.91. The van der Waals surface area contributed by atoms with Crippen LogP contribution in [0.2, 0.25) is 5.02 Å². The molecule has 3 aromatic rings. The molecule has 28 heavy (non-hydrogen) atoms. The average Bonchev–Trinajstić information content (AvgIpc) is 2.92. The second-order valence-electron chi connectivity index (χ2n) is 6.45. The van der Waals surface area contributed by atoms with Gasteiger partial charge in [-0.1, -0.05) is 17.7 Å². The third-order valence-electron chi connectivity index (χ3n) is 4.82. The number of halogens is 1. The van der Waals surface area contributed by atoms with Crippen molar-refractivity contribution in [1.29, 1.82) is 0 Å². The number of ether oxygens (including phenoxy) is 2. The average molecular weight is 402 g/mol. The number of aromatic carboxylic acids is 1. The van der Waals surface area contributed by atoms with Crippen LogP contribution in [0.15, 0.2) is 36.4 Å². The normalized spacial score (nSPS) is 10.9. The Bertz CT molecular complexity index is 1070. The Labute approximate surface area is 167 Å². The molecule has 1 aromatic heterocycles. The maximum Gasteiger partial charge on any atom is 0.343 e. The fourth-order valence-corrected chi connectivity index (χ4v) is 3.33. The van der Waals surface area contributed by atoms with Crippen molar-refractivity contribution < 1.29 is 24.2 Å². The van der Waals surface area contributed by atoms with E-state index in [4.69, 9.17) is 16.3 Å². The van der Waals surface area contributed by atoms with Crippen LogP contribution >= 0.6 is 11.6 Å². The molecule has 0 spiro atoms. The third-order valence-corrected chi connectivity index (χ3v) is 5.18. The van der Waals surface area contributed by atoms with Gasteiger partial charge in [-0.25, -0.2) is 9.59 Å². The lowest BCUT2D eigenvalue weighted by molar-refractivity contribution is -0.142. The van der Waals surface area contributed by atoms with Crippen LogP contribution in [0, 0.1) is 13.8 Å². The van der Waals surface area contributed by atoms with Gasteiger partial charge in [0.25, 0.3) is 0 Å². The van der Waals surface area contributed by atoms with E-state index in [9.17, 15) is 14.7 Å². The first kappa shape index (κ1) is 19.8. The van der Waals surface area contributed by atoms with Crippen LogP contribution in [0.1, 0.15) is 27.2 Å². The Morgan fingerprint density at radius 1 is 1.14 bits per heavy atom. The maximum atomic E-state index is 11.3. The van der Waals surface area contributed by atoms with Gasteiger partial charge in [-0.05, 0) is 55.3 Å². The summed E-state index contributed by atoms with van der Waals surface area (Å²) in [4.78, 5) is 22.5. The molecule has 0 saturated carbocycles. The zero-order chi connectivity index (χ0) is 20.4. The molecular formula is C21H20ClNO5. The number of aromatic nitrogens is 1. The minimum Gasteiger partial charge on any atom is -0.482 e. The smallest absolute Gasteiger partial charge is 0.343 e. The van der Waals surface area contributed by atoms with Gasteiger partial charge in [-0.2, -0.15) is 0 Å². The van der Waals surface area contributed by atoms with E-state index in [-0.39, 0.29) is 12.2 Å². The molecule has 0 radical (unpaired) electrons. The number of hydrogen-bond donors (Lipinski definition) is 1. The van der Waals surface area contributed by atoms with E-state index in [1.54, 1.807) is 24.3 Å². The van der Waals surface area contributed by atoms with E-state index in [0.717, 1.165) is 27.7 Å². The van der Waals surface area contributed by atoms with Crippen molar-refractivity contribution in [2.24, 2.45) is 0 Å². The van der Waals surface area contributed by atoms with Gasteiger partial charge in [-0.15, -0.1) is 0 Å². The van der Waals surface area contributed by atoms with Crippen molar-refractivity contribution in [2.75, 3.05) is 13.7 Å². The Hall–Kier alpha value is -2.99. The van der Waals surface area contributed by atoms with Crippen LogP contribution in [-0.2, 0) is 16.1 Å². The van der Waals surface area contributed by atoms with E-state index in [2.05, 4.69) is 9.30 Å². The Kier molecular flexibility index (Phi) is 5.61. The van der Waals surface area contributed by atoms with Crippen LogP contribution in [0.25, 0.3) is 10.9 Å². The first-order valence-corrected chi connectivity index (χ1v) is 9.00. The highest BCUT2D eigenvalue weighted by Crippen LogP contribution is 2.30. The molecule has 0 bridgehead atoms. The number of esters is 1. The summed E-state index contributed by atoms with van der Waals surface area (Å²) >= 11 is 6.42. The van der Waals surface area contributed by atoms with E-state index in [1.807, 2.05) is 26.0 Å². The molecule has 0 fully saturated rings. The first-order valence-electron chi connectivity index (χ1n) is 8.62. The largest absolute Gasteiger partial charge is 0.482 e. The van der Waals surface area contributed by atoms with E-state index >= 15 is 0 Å². The summed E-state index contributed by atoms with van der Waals surface area (Å²) in [5.41, 5.74) is 4.17. The summed E-state index contributed by atoms with van der Waals surface area (Å²) < 4.78 is 12.0. The highest BCUT2D eigenvalue weighted by Gasteiger charge is 2.15. The molecule has 0 saturated heterocycles. The minimum absolute atomic E-state index is 0.182. The van der Waals surface area contributed by atoms with Crippen LogP contribution in [0.5, 0.6) is 5.75 Å². The summed E-state index contributed by atoms with van der Waals surface area (Å²) in [6, 6.07) is 10.4. The number of hydrogen-bond acceptors (Lipinski definition) is 4. The molecule has 1 heterocycles. The van der Waals surface area contributed by atoms with Crippen molar-refractivity contribution >= 4 is 34.4 Å². The lowest BCUT2D eigenvalue weighted by Gasteiger charge is -2.12. The van der Waals surface area contributed by atoms with E-state index in [0.29, 0.717) is 17.3 Å². The lowest BCUT2D eigenvalue weighted by Crippen LogP contribution is -2.12. The van der Waals surface area contributed by atoms with Crippen LogP contribution < -0.4 is 4.74 Å². The fourth-order valence-electron chi connectivity index (χ4n) is 3.10. The zero-order valence-electron chi connectivity index (χ0n) is 15.8. The van der Waals surface area contributed by atoms with Crippen LogP contribution in [-0.4, -0.2) is 35.3 Å². The molecule has 0 aliphatic carbocycles. The van der Waals surface area contributed by atoms with Gasteiger partial charge in [0, 0.05) is 28.2 Å². The molecule has 1 N–H and O–H groups in total. The van der Waals surface area contributed by atoms with Gasteiger partial charge in [0.2, 0.25) is 0 Å². The number of carboxylic acids is 1. The standard InChI is InChI=1S/C21H20ClNO5/c1-12-13(2)23(19-7-5-14(21(25)26)8-17(12)19)10-15-4-6-16(9-18(15)22)28-11-20(24)27-3/h4-9H,10-11H2,1-3H3,(H,25,26). The predicted octanol–water partition coefficient (Wildman–Crippen LogP) is 4.21. The molecule has 3 rings (SSSR count). The van der Waals surface area contributed by atoms with Crippen molar-refractivity contribution in [3.05, 3.63) is 63.8 Å². The summed E-state index contributed by atoms with van der Waals surface area (Å²) in [7, 11) is 1.30. The second-order valence-corrected chi connectivity index (χ2v) is 6.86. The summed E-state index contributed by atoms with van der Waals surface area (Å²) in [6.07, 6.45) is 0. The molecule has 2 aromatic carbocycles. The molecule has 0 atom stereocenters. The van der Waals surface area contributed by atoms with Crippen molar-refractivity contribution in [3.8, 4) is 5.75 Å². The maximum absolute atomic E-state index is 11.3. The summed E-state index contributed by atoms with van der Waals surface area (Å²) in [6.45, 7) is 4.32. The molecule has 0 aliphatic heterocycles. The first-order chi connectivity index (χ1) is 13.3. The number of carboxylic acid groups (broad SMARTS) is 1. The van der Waals surface area contributed by atoms with Gasteiger partial charge in [0.15, 0.2) is 6.61 Å².